The Kier molecular flexibility index (Phi) is 5.22. The van der Waals surface area contributed by atoms with Crippen LogP contribution in [-0.2, 0) is 4.79 Å². The summed E-state index contributed by atoms with van der Waals surface area (Å²) in [5, 5.41) is 12.0. The molecule has 1 N–H and O–H groups in total. The molecule has 1 amide bonds. The van der Waals surface area contributed by atoms with Gasteiger partial charge in [-0.3, -0.25) is 14.5 Å². The number of carbonyl (C=O) groups is 2. The SMILES string of the molecule is Cc1cccc(C2C(C(=O)c3sc(C)nc3C)=C(O)C(=O)N2c2cccc(Cl)c2)c1. The van der Waals surface area contributed by atoms with Gasteiger partial charge in [-0.1, -0.05) is 47.5 Å². The highest BCUT2D eigenvalue weighted by Gasteiger charge is 2.45. The molecule has 152 valence electrons. The van der Waals surface area contributed by atoms with Crippen molar-refractivity contribution in [3.05, 3.63) is 91.6 Å². The van der Waals surface area contributed by atoms with E-state index in [1.165, 1.54) is 16.2 Å². The zero-order chi connectivity index (χ0) is 21.6. The van der Waals surface area contributed by atoms with Gasteiger partial charge >= 0.3 is 0 Å². The van der Waals surface area contributed by atoms with Gasteiger partial charge in [0.1, 0.15) is 0 Å². The first kappa shape index (κ1) is 20.3. The minimum atomic E-state index is -0.773. The van der Waals surface area contributed by atoms with Crippen molar-refractivity contribution in [1.82, 2.24) is 4.98 Å². The first-order valence-electron chi connectivity index (χ1n) is 9.35. The standard InChI is InChI=1S/C23H19ClN2O3S/c1-12-6-4-7-15(10-12)19-18(20(27)22-13(2)25-14(3)30-22)21(28)23(29)26(19)17-9-5-8-16(24)11-17/h4-11,19,28H,1-3H3. The van der Waals surface area contributed by atoms with Gasteiger partial charge in [0.15, 0.2) is 5.76 Å². The number of aliphatic hydroxyl groups is 1. The van der Waals surface area contributed by atoms with Crippen molar-refractivity contribution in [3.63, 3.8) is 0 Å². The average molecular weight is 439 g/mol. The van der Waals surface area contributed by atoms with Crippen LogP contribution in [0.1, 0.15) is 37.5 Å². The molecule has 1 atom stereocenters. The number of benzene rings is 2. The van der Waals surface area contributed by atoms with Crippen LogP contribution in [0.15, 0.2) is 59.9 Å². The normalized spacial score (nSPS) is 16.5. The molecule has 0 fully saturated rings. The van der Waals surface area contributed by atoms with Crippen LogP contribution in [0.25, 0.3) is 0 Å². The van der Waals surface area contributed by atoms with Crippen molar-refractivity contribution in [2.24, 2.45) is 0 Å². The number of Topliss-reactive ketones (excluding diaryl/α,β-unsaturated/α-hetero) is 1. The zero-order valence-electron chi connectivity index (χ0n) is 16.6. The predicted octanol–water partition coefficient (Wildman–Crippen LogP) is 5.50. The second-order valence-corrected chi connectivity index (χ2v) is 8.85. The molecule has 0 radical (unpaired) electrons. The number of anilines is 1. The quantitative estimate of drug-likeness (QED) is 0.545. The number of carbonyl (C=O) groups excluding carboxylic acids is 2. The van der Waals surface area contributed by atoms with Gasteiger partial charge in [0.25, 0.3) is 5.91 Å². The molecule has 5 nitrogen and oxygen atoms in total. The Morgan fingerprint density at radius 2 is 1.87 bits per heavy atom. The molecule has 0 saturated carbocycles. The van der Waals surface area contributed by atoms with E-state index in [1.54, 1.807) is 31.2 Å². The number of halogens is 1. The van der Waals surface area contributed by atoms with Gasteiger partial charge in [0.05, 0.1) is 27.2 Å². The molecule has 2 heterocycles. The molecule has 3 aromatic rings. The Morgan fingerprint density at radius 3 is 2.50 bits per heavy atom. The van der Waals surface area contributed by atoms with Crippen LogP contribution in [0.4, 0.5) is 5.69 Å². The van der Waals surface area contributed by atoms with Gasteiger partial charge in [-0.2, -0.15) is 0 Å². The Bertz CT molecular complexity index is 1210. The van der Waals surface area contributed by atoms with Crippen LogP contribution in [0, 0.1) is 20.8 Å². The molecule has 1 aliphatic rings. The summed E-state index contributed by atoms with van der Waals surface area (Å²) >= 11 is 7.41. The first-order valence-corrected chi connectivity index (χ1v) is 10.5. The fraction of sp³-hybridized carbons (Fsp3) is 0.174. The number of rotatable bonds is 4. The largest absolute Gasteiger partial charge is 0.503 e. The number of nitrogens with zero attached hydrogens (tertiary/aromatic N) is 2. The first-order chi connectivity index (χ1) is 14.3. The van der Waals surface area contributed by atoms with Crippen molar-refractivity contribution < 1.29 is 14.7 Å². The van der Waals surface area contributed by atoms with E-state index in [4.69, 9.17) is 11.6 Å². The van der Waals surface area contributed by atoms with E-state index in [2.05, 4.69) is 4.98 Å². The summed E-state index contributed by atoms with van der Waals surface area (Å²) in [7, 11) is 0. The summed E-state index contributed by atoms with van der Waals surface area (Å²) in [6, 6.07) is 13.6. The van der Waals surface area contributed by atoms with Gasteiger partial charge in [-0.15, -0.1) is 11.3 Å². The van der Waals surface area contributed by atoms with E-state index in [9.17, 15) is 14.7 Å². The highest BCUT2D eigenvalue weighted by Crippen LogP contribution is 2.43. The zero-order valence-corrected chi connectivity index (χ0v) is 18.2. The van der Waals surface area contributed by atoms with Crippen molar-refractivity contribution in [1.29, 1.82) is 0 Å². The van der Waals surface area contributed by atoms with Crippen LogP contribution in [0.3, 0.4) is 0 Å². The van der Waals surface area contributed by atoms with Crippen molar-refractivity contribution in [3.8, 4) is 0 Å². The second kappa shape index (κ2) is 7.70. The van der Waals surface area contributed by atoms with Crippen molar-refractivity contribution >= 4 is 40.3 Å². The third-order valence-corrected chi connectivity index (χ3v) is 6.31. The molecular weight excluding hydrogens is 420 g/mol. The lowest BCUT2D eigenvalue weighted by Crippen LogP contribution is -2.31. The minimum Gasteiger partial charge on any atom is -0.503 e. The molecule has 4 rings (SSSR count). The van der Waals surface area contributed by atoms with Gasteiger partial charge < -0.3 is 5.11 Å². The number of aromatic nitrogens is 1. The summed E-state index contributed by atoms with van der Waals surface area (Å²) in [4.78, 5) is 32.8. The van der Waals surface area contributed by atoms with E-state index in [0.717, 1.165) is 16.1 Å². The molecule has 1 unspecified atom stereocenters. The molecule has 0 spiro atoms. The Hall–Kier alpha value is -2.96. The third kappa shape index (κ3) is 3.42. The molecule has 30 heavy (non-hydrogen) atoms. The molecule has 0 saturated heterocycles. The van der Waals surface area contributed by atoms with E-state index in [0.29, 0.717) is 21.3 Å². The van der Waals surface area contributed by atoms with Crippen LogP contribution < -0.4 is 4.90 Å². The van der Waals surface area contributed by atoms with Crippen molar-refractivity contribution in [2.75, 3.05) is 4.90 Å². The number of thiazole rings is 1. The number of hydrogen-bond acceptors (Lipinski definition) is 5. The maximum atomic E-state index is 13.5. The van der Waals surface area contributed by atoms with Gasteiger partial charge in [0, 0.05) is 10.7 Å². The number of aryl methyl sites for hydroxylation is 3. The lowest BCUT2D eigenvalue weighted by Gasteiger charge is -2.27. The third-order valence-electron chi connectivity index (χ3n) is 5.01. The summed E-state index contributed by atoms with van der Waals surface area (Å²) < 4.78 is 0. The number of amides is 1. The lowest BCUT2D eigenvalue weighted by molar-refractivity contribution is -0.117. The van der Waals surface area contributed by atoms with Crippen LogP contribution in [-0.4, -0.2) is 21.8 Å². The minimum absolute atomic E-state index is 0.0531. The second-order valence-electron chi connectivity index (χ2n) is 7.21. The monoisotopic (exact) mass is 438 g/mol. The van der Waals surface area contributed by atoms with Crippen LogP contribution in [0.2, 0.25) is 5.02 Å². The fourth-order valence-corrected chi connectivity index (χ4v) is 4.81. The summed E-state index contributed by atoms with van der Waals surface area (Å²) in [6.45, 7) is 5.51. The molecule has 7 heteroatoms. The average Bonchev–Trinajstić information content (AvgIpc) is 3.17. The summed E-state index contributed by atoms with van der Waals surface area (Å²) in [5.74, 6) is -1.57. The van der Waals surface area contributed by atoms with E-state index < -0.39 is 17.7 Å². The summed E-state index contributed by atoms with van der Waals surface area (Å²) in [5.41, 5.74) is 2.85. The predicted molar refractivity (Wildman–Crippen MR) is 118 cm³/mol. The highest BCUT2D eigenvalue weighted by atomic mass is 35.5. The number of aliphatic hydroxyl groups excluding tert-OH is 1. The summed E-state index contributed by atoms with van der Waals surface area (Å²) in [6.07, 6.45) is 0. The van der Waals surface area contributed by atoms with Crippen LogP contribution in [0.5, 0.6) is 0 Å². The van der Waals surface area contributed by atoms with Gasteiger partial charge in [-0.25, -0.2) is 4.98 Å². The molecular formula is C23H19ClN2O3S. The molecule has 0 aliphatic carbocycles. The van der Waals surface area contributed by atoms with Gasteiger partial charge in [0.2, 0.25) is 5.78 Å². The molecule has 1 aliphatic heterocycles. The Balaban J connectivity index is 1.92. The Morgan fingerprint density at radius 1 is 1.13 bits per heavy atom. The van der Waals surface area contributed by atoms with Crippen LogP contribution >= 0.6 is 22.9 Å². The lowest BCUT2D eigenvalue weighted by atomic mass is 9.94. The maximum absolute atomic E-state index is 13.5. The fourth-order valence-electron chi connectivity index (χ4n) is 3.75. The maximum Gasteiger partial charge on any atom is 0.294 e. The van der Waals surface area contributed by atoms with E-state index in [1.807, 2.05) is 38.1 Å². The highest BCUT2D eigenvalue weighted by molar-refractivity contribution is 7.14. The molecule has 1 aromatic heterocycles. The Labute approximate surface area is 183 Å². The van der Waals surface area contributed by atoms with E-state index in [-0.39, 0.29) is 11.4 Å². The number of hydrogen-bond donors (Lipinski definition) is 1. The smallest absolute Gasteiger partial charge is 0.294 e. The number of ketones is 1. The molecule has 0 bridgehead atoms. The molecule has 2 aromatic carbocycles. The van der Waals surface area contributed by atoms with Crippen molar-refractivity contribution in [2.45, 2.75) is 26.8 Å². The topological polar surface area (TPSA) is 70.5 Å². The van der Waals surface area contributed by atoms with E-state index >= 15 is 0 Å². The van der Waals surface area contributed by atoms with Gasteiger partial charge in [-0.05, 0) is 44.5 Å².